The molecule has 2 fully saturated rings. The van der Waals surface area contributed by atoms with E-state index in [-0.39, 0.29) is 5.91 Å². The van der Waals surface area contributed by atoms with Gasteiger partial charge in [-0.2, -0.15) is 0 Å². The SMILES string of the molecule is CCN1CCN(C(=O)CC2CCN(c3nc(C(F)F)nc4ccccc34)CC2)CC1. The molecule has 2 aromatic rings. The molecule has 3 heterocycles. The summed E-state index contributed by atoms with van der Waals surface area (Å²) in [6, 6.07) is 7.30. The minimum absolute atomic E-state index is 0.247. The van der Waals surface area contributed by atoms with Gasteiger partial charge < -0.3 is 14.7 Å². The smallest absolute Gasteiger partial charge is 0.297 e. The van der Waals surface area contributed by atoms with Gasteiger partial charge in [-0.3, -0.25) is 4.79 Å². The summed E-state index contributed by atoms with van der Waals surface area (Å²) in [5, 5.41) is 0.797. The predicted octanol–water partition coefficient (Wildman–Crippen LogP) is 3.34. The second-order valence-corrected chi connectivity index (χ2v) is 8.17. The average Bonchev–Trinajstić information content (AvgIpc) is 2.79. The maximum Gasteiger partial charge on any atom is 0.297 e. The number of alkyl halides is 2. The monoisotopic (exact) mass is 417 g/mol. The lowest BCUT2D eigenvalue weighted by Gasteiger charge is -2.36. The van der Waals surface area contributed by atoms with Crippen LogP contribution in [0.15, 0.2) is 24.3 Å². The Balaban J connectivity index is 1.38. The molecule has 4 rings (SSSR count). The fourth-order valence-corrected chi connectivity index (χ4v) is 4.45. The van der Waals surface area contributed by atoms with Crippen LogP contribution < -0.4 is 4.90 Å². The Labute approximate surface area is 175 Å². The lowest BCUT2D eigenvalue weighted by molar-refractivity contribution is -0.134. The van der Waals surface area contributed by atoms with Crippen molar-refractivity contribution in [3.05, 3.63) is 30.1 Å². The molecule has 6 nitrogen and oxygen atoms in total. The van der Waals surface area contributed by atoms with Gasteiger partial charge in [0.05, 0.1) is 5.52 Å². The molecule has 0 spiro atoms. The molecular weight excluding hydrogens is 388 g/mol. The Morgan fingerprint density at radius 3 is 2.43 bits per heavy atom. The van der Waals surface area contributed by atoms with Crippen LogP contribution in [-0.2, 0) is 4.79 Å². The fourth-order valence-electron chi connectivity index (χ4n) is 4.45. The van der Waals surface area contributed by atoms with Crippen LogP contribution in [0.3, 0.4) is 0 Å². The second-order valence-electron chi connectivity index (χ2n) is 8.17. The lowest BCUT2D eigenvalue weighted by Crippen LogP contribution is -2.49. The van der Waals surface area contributed by atoms with Crippen molar-refractivity contribution in [2.24, 2.45) is 5.92 Å². The van der Waals surface area contributed by atoms with Crippen molar-refractivity contribution < 1.29 is 13.6 Å². The lowest BCUT2D eigenvalue weighted by atomic mass is 9.92. The maximum absolute atomic E-state index is 13.3. The number of amides is 1. The Hall–Kier alpha value is -2.35. The van der Waals surface area contributed by atoms with Crippen molar-refractivity contribution in [3.8, 4) is 0 Å². The summed E-state index contributed by atoms with van der Waals surface area (Å²) in [4.78, 5) is 27.3. The zero-order chi connectivity index (χ0) is 21.1. The molecule has 0 N–H and O–H groups in total. The van der Waals surface area contributed by atoms with Gasteiger partial charge in [0.15, 0.2) is 5.82 Å². The number of halogens is 2. The van der Waals surface area contributed by atoms with E-state index in [1.54, 1.807) is 12.1 Å². The van der Waals surface area contributed by atoms with Gasteiger partial charge in [-0.25, -0.2) is 18.7 Å². The quantitative estimate of drug-likeness (QED) is 0.747. The predicted molar refractivity (Wildman–Crippen MR) is 113 cm³/mol. The zero-order valence-corrected chi connectivity index (χ0v) is 17.4. The third-order valence-corrected chi connectivity index (χ3v) is 6.35. The van der Waals surface area contributed by atoms with Crippen molar-refractivity contribution in [1.82, 2.24) is 19.8 Å². The summed E-state index contributed by atoms with van der Waals surface area (Å²) in [7, 11) is 0. The minimum Gasteiger partial charge on any atom is -0.356 e. The largest absolute Gasteiger partial charge is 0.356 e. The van der Waals surface area contributed by atoms with Crippen molar-refractivity contribution >= 4 is 22.6 Å². The van der Waals surface area contributed by atoms with E-state index in [9.17, 15) is 13.6 Å². The summed E-state index contributed by atoms with van der Waals surface area (Å²) in [6.45, 7) is 8.14. The highest BCUT2D eigenvalue weighted by molar-refractivity contribution is 5.89. The minimum atomic E-state index is -2.70. The van der Waals surface area contributed by atoms with Crippen molar-refractivity contribution in [3.63, 3.8) is 0 Å². The van der Waals surface area contributed by atoms with E-state index in [4.69, 9.17) is 0 Å². The first-order valence-electron chi connectivity index (χ1n) is 10.8. The molecule has 0 bridgehead atoms. The summed E-state index contributed by atoms with van der Waals surface area (Å²) >= 11 is 0. The summed E-state index contributed by atoms with van der Waals surface area (Å²) in [5.74, 6) is 0.737. The summed E-state index contributed by atoms with van der Waals surface area (Å²) in [5.41, 5.74) is 0.543. The highest BCUT2D eigenvalue weighted by atomic mass is 19.3. The van der Waals surface area contributed by atoms with Crippen LogP contribution >= 0.6 is 0 Å². The van der Waals surface area contributed by atoms with E-state index >= 15 is 0 Å². The topological polar surface area (TPSA) is 52.6 Å². The van der Waals surface area contributed by atoms with E-state index in [2.05, 4.69) is 26.7 Å². The van der Waals surface area contributed by atoms with Gasteiger partial charge in [0, 0.05) is 51.1 Å². The number of likely N-dealkylation sites (N-methyl/N-ethyl adjacent to an activating group) is 1. The number of rotatable bonds is 5. The summed E-state index contributed by atoms with van der Waals surface area (Å²) < 4.78 is 26.6. The van der Waals surface area contributed by atoms with Crippen LogP contribution in [0.1, 0.15) is 38.4 Å². The third kappa shape index (κ3) is 4.53. The molecule has 2 saturated heterocycles. The Kier molecular flexibility index (Phi) is 6.41. The molecule has 30 heavy (non-hydrogen) atoms. The molecule has 1 aromatic heterocycles. The standard InChI is InChI=1S/C22H29F2N5O/c1-2-27-11-13-28(14-12-27)19(30)15-16-7-9-29(10-8-16)22-17-5-3-4-6-18(17)25-21(26-22)20(23)24/h3-6,16,20H,2,7-15H2,1H3. The number of para-hydroxylation sites is 1. The number of hydrogen-bond donors (Lipinski definition) is 0. The van der Waals surface area contributed by atoms with Crippen LogP contribution in [0, 0.1) is 5.92 Å². The van der Waals surface area contributed by atoms with Gasteiger partial charge in [0.1, 0.15) is 5.82 Å². The van der Waals surface area contributed by atoms with Crippen molar-refractivity contribution in [2.75, 3.05) is 50.7 Å². The molecule has 162 valence electrons. The van der Waals surface area contributed by atoms with Gasteiger partial charge in [-0.1, -0.05) is 19.1 Å². The van der Waals surface area contributed by atoms with E-state index in [0.717, 1.165) is 51.0 Å². The van der Waals surface area contributed by atoms with Crippen LogP contribution in [0.5, 0.6) is 0 Å². The number of nitrogens with zero attached hydrogens (tertiary/aromatic N) is 5. The van der Waals surface area contributed by atoms with Gasteiger partial charge >= 0.3 is 0 Å². The molecule has 0 radical (unpaired) electrons. The second kappa shape index (κ2) is 9.20. The van der Waals surface area contributed by atoms with E-state index < -0.39 is 12.2 Å². The number of piperazine rings is 1. The van der Waals surface area contributed by atoms with Gasteiger partial charge in [0.2, 0.25) is 5.91 Å². The van der Waals surface area contributed by atoms with E-state index in [1.165, 1.54) is 0 Å². The maximum atomic E-state index is 13.3. The first kappa shape index (κ1) is 20.9. The van der Waals surface area contributed by atoms with Gasteiger partial charge in [0.25, 0.3) is 6.43 Å². The number of carbonyl (C=O) groups excluding carboxylic acids is 1. The average molecular weight is 418 g/mol. The van der Waals surface area contributed by atoms with E-state index in [0.29, 0.717) is 36.8 Å². The molecule has 1 amide bonds. The highest BCUT2D eigenvalue weighted by Gasteiger charge is 2.27. The zero-order valence-electron chi connectivity index (χ0n) is 17.4. The van der Waals surface area contributed by atoms with Crippen LogP contribution in [-0.4, -0.2) is 71.5 Å². The fraction of sp³-hybridized carbons (Fsp3) is 0.591. The van der Waals surface area contributed by atoms with Gasteiger partial charge in [-0.15, -0.1) is 0 Å². The number of hydrogen-bond acceptors (Lipinski definition) is 5. The number of carbonyl (C=O) groups is 1. The Morgan fingerprint density at radius 1 is 1.07 bits per heavy atom. The number of fused-ring (bicyclic) bond motifs is 1. The number of piperidine rings is 1. The van der Waals surface area contributed by atoms with Crippen LogP contribution in [0.4, 0.5) is 14.6 Å². The molecule has 2 aliphatic rings. The summed E-state index contributed by atoms with van der Waals surface area (Å²) in [6.07, 6.45) is -0.393. The van der Waals surface area contributed by atoms with Crippen molar-refractivity contribution in [1.29, 1.82) is 0 Å². The van der Waals surface area contributed by atoms with Crippen molar-refractivity contribution in [2.45, 2.75) is 32.6 Å². The number of aromatic nitrogens is 2. The first-order valence-corrected chi connectivity index (χ1v) is 10.8. The molecule has 0 aliphatic carbocycles. The first-order chi connectivity index (χ1) is 14.5. The molecular formula is C22H29F2N5O. The molecule has 1 aromatic carbocycles. The third-order valence-electron chi connectivity index (χ3n) is 6.35. The van der Waals surface area contributed by atoms with E-state index in [1.807, 2.05) is 17.0 Å². The number of benzene rings is 1. The molecule has 8 heteroatoms. The Bertz CT molecular complexity index is 877. The van der Waals surface area contributed by atoms with Crippen LogP contribution in [0.2, 0.25) is 0 Å². The highest BCUT2D eigenvalue weighted by Crippen LogP contribution is 2.31. The van der Waals surface area contributed by atoms with Crippen LogP contribution in [0.25, 0.3) is 10.9 Å². The molecule has 0 unspecified atom stereocenters. The van der Waals surface area contributed by atoms with Gasteiger partial charge in [-0.05, 0) is 37.4 Å². The molecule has 0 saturated carbocycles. The normalized spacial score (nSPS) is 19.1. The molecule has 0 atom stereocenters. The number of anilines is 1. The Morgan fingerprint density at radius 2 is 1.77 bits per heavy atom. The molecule has 2 aliphatic heterocycles.